The van der Waals surface area contributed by atoms with E-state index in [0.717, 1.165) is 10.5 Å². The smallest absolute Gasteiger partial charge is 0.408 e. The number of hydrogen-bond donors (Lipinski definition) is 2. The van der Waals surface area contributed by atoms with Crippen LogP contribution in [0.2, 0.25) is 0 Å². The summed E-state index contributed by atoms with van der Waals surface area (Å²) >= 11 is 1.53. The molecule has 0 aliphatic carbocycles. The molecule has 2 atom stereocenters. The third kappa shape index (κ3) is 9.79. The zero-order valence-corrected chi connectivity index (χ0v) is 21.8. The third-order valence-electron chi connectivity index (χ3n) is 4.34. The van der Waals surface area contributed by atoms with Gasteiger partial charge >= 0.3 is 6.09 Å². The van der Waals surface area contributed by atoms with E-state index < -0.39 is 41.1 Å². The van der Waals surface area contributed by atoms with Crippen molar-refractivity contribution in [3.8, 4) is 12.5 Å². The molecule has 7 nitrogen and oxygen atoms in total. The van der Waals surface area contributed by atoms with Crippen LogP contribution in [0, 0.1) is 19.4 Å². The van der Waals surface area contributed by atoms with Crippen molar-refractivity contribution in [3.63, 3.8) is 0 Å². The minimum absolute atomic E-state index is 0.332. The first-order chi connectivity index (χ1) is 15.2. The minimum Gasteiger partial charge on any atom is -0.444 e. The van der Waals surface area contributed by atoms with Crippen molar-refractivity contribution in [2.75, 3.05) is 12.0 Å². The van der Waals surface area contributed by atoms with Gasteiger partial charge in [0.05, 0.1) is 0 Å². The number of hydrogen-bond acceptors (Lipinski definition) is 5. The van der Waals surface area contributed by atoms with E-state index in [2.05, 4.69) is 16.7 Å². The van der Waals surface area contributed by atoms with Gasteiger partial charge < -0.3 is 15.4 Å². The largest absolute Gasteiger partial charge is 0.444 e. The van der Waals surface area contributed by atoms with Crippen LogP contribution in [0.1, 0.15) is 65.1 Å². The molecule has 0 aromatic heterocycles. The fraction of sp³-hybridized carbons (Fsp3) is 0.560. The van der Waals surface area contributed by atoms with Crippen LogP contribution in [-0.2, 0) is 14.3 Å². The average molecular weight is 476 g/mol. The number of nitrogens with zero attached hydrogens (tertiary/aromatic N) is 1. The normalized spacial score (nSPS) is 13.3. The monoisotopic (exact) mass is 475 g/mol. The number of alkyl carbamates (subject to hydrolysis) is 1. The number of terminal acetylenes is 1. The van der Waals surface area contributed by atoms with Crippen LogP contribution in [0.15, 0.2) is 24.3 Å². The average Bonchev–Trinajstić information content (AvgIpc) is 2.65. The Balaban J connectivity index is 3.37. The van der Waals surface area contributed by atoms with Crippen LogP contribution in [0.5, 0.6) is 0 Å². The highest BCUT2D eigenvalue weighted by Crippen LogP contribution is 2.24. The highest BCUT2D eigenvalue weighted by atomic mass is 32.2. The molecule has 0 aliphatic heterocycles. The molecule has 0 fully saturated rings. The number of rotatable bonds is 8. The Hall–Kier alpha value is -2.66. The minimum atomic E-state index is -1.06. The molecule has 0 radical (unpaired) electrons. The van der Waals surface area contributed by atoms with Gasteiger partial charge in [-0.25, -0.2) is 4.79 Å². The Morgan fingerprint density at radius 3 is 2.30 bits per heavy atom. The number of carbonyl (C=O) groups is 3. The highest BCUT2D eigenvalue weighted by molar-refractivity contribution is 7.98. The Labute approximate surface area is 202 Å². The molecule has 8 heteroatoms. The van der Waals surface area contributed by atoms with Gasteiger partial charge in [0.15, 0.2) is 0 Å². The summed E-state index contributed by atoms with van der Waals surface area (Å²) < 4.78 is 5.33. The van der Waals surface area contributed by atoms with E-state index in [4.69, 9.17) is 11.2 Å². The summed E-state index contributed by atoms with van der Waals surface area (Å²) in [5.41, 5.74) is 0.259. The third-order valence-corrected chi connectivity index (χ3v) is 4.98. The summed E-state index contributed by atoms with van der Waals surface area (Å²) in [6, 6.07) is 7.68. The summed E-state index contributed by atoms with van der Waals surface area (Å²) in [5.74, 6) is -0.346. The summed E-state index contributed by atoms with van der Waals surface area (Å²) in [4.78, 5) is 40.4. The molecule has 0 aliphatic rings. The maximum Gasteiger partial charge on any atom is 0.408 e. The van der Waals surface area contributed by atoms with E-state index >= 15 is 0 Å². The molecule has 3 amide bonds. The summed E-state index contributed by atoms with van der Waals surface area (Å²) in [6.45, 7) is 12.7. The zero-order chi connectivity index (χ0) is 25.4. The number of nitrogens with one attached hydrogen (secondary N) is 2. The summed E-state index contributed by atoms with van der Waals surface area (Å²) in [7, 11) is 0. The second-order valence-corrected chi connectivity index (χ2v) is 10.9. The summed E-state index contributed by atoms with van der Waals surface area (Å²) in [6.07, 6.45) is 7.29. The Kier molecular flexibility index (Phi) is 10.3. The standard InChI is InChI=1S/C25H37N3O4S/c1-10-28(22(30)19(14-15-33-9)26-23(31)32-25(6,7)8)20(21(29)27-24(3,4)5)18-13-11-12-17(2)16-18/h1,11-13,16,19-20H,14-15H2,2-9H3,(H,26,31)(H,27,29). The number of benzene rings is 1. The molecule has 1 rings (SSSR count). The first-order valence-electron chi connectivity index (χ1n) is 10.8. The van der Waals surface area contributed by atoms with Crippen molar-refractivity contribution in [2.45, 2.75) is 78.1 Å². The molecule has 2 N–H and O–H groups in total. The number of carbonyl (C=O) groups excluding carboxylic acids is 3. The van der Waals surface area contributed by atoms with E-state index in [-0.39, 0.29) is 0 Å². The lowest BCUT2D eigenvalue weighted by atomic mass is 9.99. The molecular formula is C25H37N3O4S. The number of amides is 3. The lowest BCUT2D eigenvalue weighted by Gasteiger charge is -2.32. The van der Waals surface area contributed by atoms with Gasteiger partial charge in [0.1, 0.15) is 17.7 Å². The SMILES string of the molecule is C#CN(C(=O)C(CCSC)NC(=O)OC(C)(C)C)C(C(=O)NC(C)(C)C)c1cccc(C)c1. The van der Waals surface area contributed by atoms with Crippen LogP contribution in [-0.4, -0.2) is 52.0 Å². The maximum absolute atomic E-state index is 13.6. The second kappa shape index (κ2) is 12.0. The Morgan fingerprint density at radius 1 is 1.18 bits per heavy atom. The van der Waals surface area contributed by atoms with Crippen LogP contribution >= 0.6 is 11.8 Å². The fourth-order valence-electron chi connectivity index (χ4n) is 3.07. The lowest BCUT2D eigenvalue weighted by molar-refractivity contribution is -0.139. The van der Waals surface area contributed by atoms with Gasteiger partial charge in [-0.15, -0.1) is 0 Å². The van der Waals surface area contributed by atoms with Gasteiger partial charge in [-0.05, 0) is 72.5 Å². The molecule has 0 saturated heterocycles. The number of ether oxygens (including phenoxy) is 1. The van der Waals surface area contributed by atoms with Crippen molar-refractivity contribution in [1.82, 2.24) is 15.5 Å². The molecule has 0 bridgehead atoms. The van der Waals surface area contributed by atoms with Crippen LogP contribution in [0.25, 0.3) is 0 Å². The van der Waals surface area contributed by atoms with Crippen molar-refractivity contribution in [1.29, 1.82) is 0 Å². The van der Waals surface area contributed by atoms with Crippen molar-refractivity contribution in [2.24, 2.45) is 0 Å². The topological polar surface area (TPSA) is 87.7 Å². The molecule has 0 heterocycles. The van der Waals surface area contributed by atoms with Crippen LogP contribution in [0.3, 0.4) is 0 Å². The number of aryl methyl sites for hydroxylation is 1. The molecule has 182 valence electrons. The van der Waals surface area contributed by atoms with E-state index in [1.807, 2.05) is 52.1 Å². The zero-order valence-electron chi connectivity index (χ0n) is 20.9. The summed E-state index contributed by atoms with van der Waals surface area (Å²) in [5, 5.41) is 5.55. The van der Waals surface area contributed by atoms with Gasteiger partial charge in [0, 0.05) is 11.6 Å². The quantitative estimate of drug-likeness (QED) is 0.438. The van der Waals surface area contributed by atoms with E-state index in [1.54, 1.807) is 26.8 Å². The van der Waals surface area contributed by atoms with E-state index in [9.17, 15) is 14.4 Å². The van der Waals surface area contributed by atoms with E-state index in [0.29, 0.717) is 17.7 Å². The molecule has 1 aromatic rings. The fourth-order valence-corrected chi connectivity index (χ4v) is 3.54. The molecule has 0 spiro atoms. The van der Waals surface area contributed by atoms with Crippen molar-refractivity contribution in [3.05, 3.63) is 35.4 Å². The lowest BCUT2D eigenvalue weighted by Crippen LogP contribution is -2.53. The van der Waals surface area contributed by atoms with Crippen LogP contribution < -0.4 is 10.6 Å². The maximum atomic E-state index is 13.6. The van der Waals surface area contributed by atoms with E-state index in [1.165, 1.54) is 11.8 Å². The number of thioether (sulfide) groups is 1. The molecule has 0 saturated carbocycles. The van der Waals surface area contributed by atoms with Crippen LogP contribution in [0.4, 0.5) is 4.79 Å². The predicted octanol–water partition coefficient (Wildman–Crippen LogP) is 4.02. The predicted molar refractivity (Wildman–Crippen MR) is 134 cm³/mol. The highest BCUT2D eigenvalue weighted by Gasteiger charge is 2.36. The Morgan fingerprint density at radius 2 is 1.82 bits per heavy atom. The van der Waals surface area contributed by atoms with Gasteiger partial charge in [0.25, 0.3) is 5.91 Å². The van der Waals surface area contributed by atoms with Gasteiger partial charge in [-0.2, -0.15) is 11.8 Å². The van der Waals surface area contributed by atoms with Gasteiger partial charge in [0.2, 0.25) is 5.91 Å². The van der Waals surface area contributed by atoms with Gasteiger partial charge in [-0.1, -0.05) is 36.3 Å². The second-order valence-electron chi connectivity index (χ2n) is 9.87. The molecule has 2 unspecified atom stereocenters. The molecule has 33 heavy (non-hydrogen) atoms. The van der Waals surface area contributed by atoms with Crippen molar-refractivity contribution >= 4 is 29.7 Å². The molecule has 1 aromatic carbocycles. The first-order valence-corrected chi connectivity index (χ1v) is 12.2. The molecular weight excluding hydrogens is 438 g/mol. The van der Waals surface area contributed by atoms with Gasteiger partial charge in [-0.3, -0.25) is 14.5 Å². The Bertz CT molecular complexity index is 881. The van der Waals surface area contributed by atoms with Crippen molar-refractivity contribution < 1.29 is 19.1 Å². The first kappa shape index (κ1) is 28.4.